The Morgan fingerprint density at radius 3 is 2.73 bits per heavy atom. The van der Waals surface area contributed by atoms with Crippen LogP contribution in [0.5, 0.6) is 5.75 Å². The van der Waals surface area contributed by atoms with Crippen LogP contribution >= 0.6 is 11.6 Å². The van der Waals surface area contributed by atoms with Crippen LogP contribution in [0.25, 0.3) is 0 Å². The van der Waals surface area contributed by atoms with Crippen LogP contribution in [-0.4, -0.2) is 7.11 Å². The number of benzene rings is 1. The van der Waals surface area contributed by atoms with Crippen molar-refractivity contribution in [3.8, 4) is 5.75 Å². The highest BCUT2D eigenvalue weighted by atomic mass is 35.5. The molecule has 1 aromatic carbocycles. The lowest BCUT2D eigenvalue weighted by molar-refractivity contribution is 0.410. The van der Waals surface area contributed by atoms with Crippen LogP contribution in [0.15, 0.2) is 18.2 Å². The Morgan fingerprint density at radius 2 is 2.20 bits per heavy atom. The average molecular weight is 231 g/mol. The monoisotopic (exact) mass is 230 g/mol. The van der Waals surface area contributed by atoms with E-state index in [9.17, 15) is 4.39 Å². The van der Waals surface area contributed by atoms with E-state index in [1.807, 2.05) is 0 Å². The first kappa shape index (κ1) is 12.3. The van der Waals surface area contributed by atoms with Gasteiger partial charge in [-0.3, -0.25) is 0 Å². The number of unbranched alkanes of at least 4 members (excludes halogenated alkanes) is 1. The Labute approximate surface area is 95.2 Å². The average Bonchev–Trinajstić information content (AvgIpc) is 2.25. The van der Waals surface area contributed by atoms with Gasteiger partial charge in [-0.2, -0.15) is 0 Å². The maximum absolute atomic E-state index is 13.6. The van der Waals surface area contributed by atoms with Gasteiger partial charge in [-0.05, 0) is 12.5 Å². The molecule has 0 fully saturated rings. The summed E-state index contributed by atoms with van der Waals surface area (Å²) in [5.74, 6) is 0.237. The molecule has 1 atom stereocenters. The van der Waals surface area contributed by atoms with Gasteiger partial charge >= 0.3 is 0 Å². The van der Waals surface area contributed by atoms with Crippen LogP contribution in [-0.2, 0) is 0 Å². The third-order valence-corrected chi connectivity index (χ3v) is 2.81. The normalized spacial score (nSPS) is 12.5. The van der Waals surface area contributed by atoms with Crippen molar-refractivity contribution >= 4 is 11.6 Å². The number of hydrogen-bond donors (Lipinski definition) is 0. The zero-order valence-corrected chi connectivity index (χ0v) is 9.85. The molecule has 0 amide bonds. The van der Waals surface area contributed by atoms with Gasteiger partial charge < -0.3 is 4.74 Å². The summed E-state index contributed by atoms with van der Waals surface area (Å²) in [7, 11) is 1.52. The molecule has 0 saturated carbocycles. The van der Waals surface area contributed by atoms with Crippen molar-refractivity contribution in [3.63, 3.8) is 0 Å². The van der Waals surface area contributed by atoms with Crippen LogP contribution in [0.3, 0.4) is 0 Å². The van der Waals surface area contributed by atoms with Crippen LogP contribution in [0.2, 0.25) is 0 Å². The van der Waals surface area contributed by atoms with Crippen molar-refractivity contribution in [1.82, 2.24) is 0 Å². The van der Waals surface area contributed by atoms with E-state index in [4.69, 9.17) is 16.3 Å². The largest absolute Gasteiger partial charge is 0.497 e. The number of halogens is 2. The van der Waals surface area contributed by atoms with Crippen LogP contribution in [0.1, 0.15) is 37.1 Å². The van der Waals surface area contributed by atoms with Gasteiger partial charge in [0.1, 0.15) is 11.6 Å². The molecule has 0 aliphatic rings. The van der Waals surface area contributed by atoms with E-state index < -0.39 is 0 Å². The van der Waals surface area contributed by atoms with E-state index in [0.29, 0.717) is 11.3 Å². The molecule has 1 nitrogen and oxygen atoms in total. The number of methoxy groups -OCH3 is 1. The molecule has 15 heavy (non-hydrogen) atoms. The zero-order valence-electron chi connectivity index (χ0n) is 9.09. The molecule has 0 spiro atoms. The number of rotatable bonds is 5. The lowest BCUT2D eigenvalue weighted by Gasteiger charge is -2.11. The summed E-state index contributed by atoms with van der Waals surface area (Å²) in [6, 6.07) is 4.80. The summed E-state index contributed by atoms with van der Waals surface area (Å²) in [5, 5.41) is -0.240. The highest BCUT2D eigenvalue weighted by molar-refractivity contribution is 6.20. The number of alkyl halides is 1. The second-order valence-electron chi connectivity index (χ2n) is 3.50. The Kier molecular flexibility index (Phi) is 4.89. The first-order chi connectivity index (χ1) is 7.19. The zero-order chi connectivity index (χ0) is 11.3. The Bertz CT molecular complexity index is 314. The number of ether oxygens (including phenoxy) is 1. The van der Waals surface area contributed by atoms with Crippen molar-refractivity contribution in [1.29, 1.82) is 0 Å². The summed E-state index contributed by atoms with van der Waals surface area (Å²) in [6.45, 7) is 2.09. The summed E-state index contributed by atoms with van der Waals surface area (Å²) in [6.07, 6.45) is 2.89. The molecule has 1 unspecified atom stereocenters. The molecule has 84 valence electrons. The minimum absolute atomic E-state index is 0.240. The van der Waals surface area contributed by atoms with Crippen molar-refractivity contribution in [2.45, 2.75) is 31.6 Å². The molecule has 0 aliphatic heterocycles. The third kappa shape index (κ3) is 3.38. The fourth-order valence-corrected chi connectivity index (χ4v) is 1.76. The molecule has 0 radical (unpaired) electrons. The van der Waals surface area contributed by atoms with Gasteiger partial charge in [-0.1, -0.05) is 25.8 Å². The summed E-state index contributed by atoms with van der Waals surface area (Å²) >= 11 is 6.10. The van der Waals surface area contributed by atoms with Gasteiger partial charge in [0.05, 0.1) is 12.5 Å². The second-order valence-corrected chi connectivity index (χ2v) is 4.02. The third-order valence-electron chi connectivity index (χ3n) is 2.36. The topological polar surface area (TPSA) is 9.23 Å². The molecule has 3 heteroatoms. The number of hydrogen-bond acceptors (Lipinski definition) is 1. The fraction of sp³-hybridized carbons (Fsp3) is 0.500. The standard InChI is InChI=1S/C12H16ClFO/c1-3-4-5-11(13)10-7-6-9(15-2)8-12(10)14/h6-8,11H,3-5H2,1-2H3. The first-order valence-corrected chi connectivity index (χ1v) is 5.60. The lowest BCUT2D eigenvalue weighted by Crippen LogP contribution is -1.96. The van der Waals surface area contributed by atoms with Crippen molar-refractivity contribution in [2.75, 3.05) is 7.11 Å². The molecule has 0 N–H and O–H groups in total. The van der Waals surface area contributed by atoms with Crippen LogP contribution in [0, 0.1) is 5.82 Å². The molecular formula is C12H16ClFO. The summed E-state index contributed by atoms with van der Waals surface area (Å²) in [5.41, 5.74) is 0.561. The SMILES string of the molecule is CCCCC(Cl)c1ccc(OC)cc1F. The molecule has 0 heterocycles. The van der Waals surface area contributed by atoms with Gasteiger partial charge in [0.2, 0.25) is 0 Å². The quantitative estimate of drug-likeness (QED) is 0.685. The Morgan fingerprint density at radius 1 is 1.47 bits per heavy atom. The van der Waals surface area contributed by atoms with Gasteiger partial charge in [0.25, 0.3) is 0 Å². The van der Waals surface area contributed by atoms with E-state index in [-0.39, 0.29) is 11.2 Å². The van der Waals surface area contributed by atoms with Crippen molar-refractivity contribution < 1.29 is 9.13 Å². The van der Waals surface area contributed by atoms with E-state index in [1.165, 1.54) is 13.2 Å². The molecule has 0 aliphatic carbocycles. The summed E-state index contributed by atoms with van der Waals surface area (Å²) in [4.78, 5) is 0. The van der Waals surface area contributed by atoms with Crippen molar-refractivity contribution in [2.24, 2.45) is 0 Å². The van der Waals surface area contributed by atoms with Crippen LogP contribution < -0.4 is 4.74 Å². The molecule has 0 bridgehead atoms. The van der Waals surface area contributed by atoms with Gasteiger partial charge in [-0.25, -0.2) is 4.39 Å². The van der Waals surface area contributed by atoms with Gasteiger partial charge in [0.15, 0.2) is 0 Å². The minimum atomic E-state index is -0.287. The minimum Gasteiger partial charge on any atom is -0.497 e. The Hall–Kier alpha value is -0.760. The fourth-order valence-electron chi connectivity index (χ4n) is 1.43. The van der Waals surface area contributed by atoms with E-state index >= 15 is 0 Å². The predicted molar refractivity (Wildman–Crippen MR) is 61.1 cm³/mol. The maximum atomic E-state index is 13.6. The van der Waals surface area contributed by atoms with E-state index in [0.717, 1.165) is 19.3 Å². The smallest absolute Gasteiger partial charge is 0.131 e. The Balaban J connectivity index is 2.76. The molecule has 1 aromatic rings. The van der Waals surface area contributed by atoms with Gasteiger partial charge in [-0.15, -0.1) is 11.6 Å². The molecular weight excluding hydrogens is 215 g/mol. The molecule has 0 saturated heterocycles. The predicted octanol–water partition coefficient (Wildman–Crippen LogP) is 4.30. The van der Waals surface area contributed by atoms with Crippen molar-refractivity contribution in [3.05, 3.63) is 29.6 Å². The van der Waals surface area contributed by atoms with Crippen LogP contribution in [0.4, 0.5) is 4.39 Å². The lowest BCUT2D eigenvalue weighted by atomic mass is 10.1. The second kappa shape index (κ2) is 5.96. The maximum Gasteiger partial charge on any atom is 0.131 e. The highest BCUT2D eigenvalue weighted by Crippen LogP contribution is 2.30. The molecule has 0 aromatic heterocycles. The molecule has 1 rings (SSSR count). The van der Waals surface area contributed by atoms with E-state index in [1.54, 1.807) is 12.1 Å². The first-order valence-electron chi connectivity index (χ1n) is 5.16. The van der Waals surface area contributed by atoms with Gasteiger partial charge in [0, 0.05) is 11.6 Å². The highest BCUT2D eigenvalue weighted by Gasteiger charge is 2.12. The summed E-state index contributed by atoms with van der Waals surface area (Å²) < 4.78 is 18.5. The van der Waals surface area contributed by atoms with E-state index in [2.05, 4.69) is 6.92 Å².